The van der Waals surface area contributed by atoms with Crippen molar-refractivity contribution < 1.29 is 14.3 Å². The third-order valence-corrected chi connectivity index (χ3v) is 6.26. The molecule has 2 saturated carbocycles. The number of carbonyl (C=O) groups is 1. The summed E-state index contributed by atoms with van der Waals surface area (Å²) in [6.07, 6.45) is 13.3. The van der Waals surface area contributed by atoms with Gasteiger partial charge in [-0.25, -0.2) is 0 Å². The van der Waals surface area contributed by atoms with Gasteiger partial charge < -0.3 is 9.47 Å². The molecule has 126 valence electrons. The van der Waals surface area contributed by atoms with E-state index >= 15 is 0 Å². The number of fused-ring (bicyclic) bond motifs is 2. The maximum Gasteiger partial charge on any atom is 0.187 e. The smallest absolute Gasteiger partial charge is 0.187 e. The topological polar surface area (TPSA) is 35.5 Å². The molecule has 2 bridgehead atoms. The summed E-state index contributed by atoms with van der Waals surface area (Å²) >= 11 is 0. The molecule has 1 unspecified atom stereocenters. The molecular weight excluding hydrogens is 276 g/mol. The lowest BCUT2D eigenvalue weighted by Gasteiger charge is -2.34. The molecule has 2 aliphatic carbocycles. The molecule has 1 aliphatic heterocycles. The van der Waals surface area contributed by atoms with Gasteiger partial charge in [0.1, 0.15) is 12.7 Å². The Morgan fingerprint density at radius 2 is 1.95 bits per heavy atom. The fourth-order valence-electron chi connectivity index (χ4n) is 4.82. The van der Waals surface area contributed by atoms with Crippen molar-refractivity contribution in [2.24, 2.45) is 11.8 Å². The minimum Gasteiger partial charge on any atom is -0.370 e. The summed E-state index contributed by atoms with van der Waals surface area (Å²) in [5, 5.41) is 0. The fraction of sp³-hybridized carbons (Fsp3) is 0.947. The number of hydrogen-bond donors (Lipinski definition) is 0. The second-order valence-electron chi connectivity index (χ2n) is 7.79. The van der Waals surface area contributed by atoms with Gasteiger partial charge in [-0.2, -0.15) is 0 Å². The molecule has 0 spiro atoms. The molecule has 0 N–H and O–H groups in total. The Morgan fingerprint density at radius 1 is 1.14 bits per heavy atom. The molecule has 0 aromatic heterocycles. The highest BCUT2D eigenvalue weighted by Gasteiger charge is 2.38. The van der Waals surface area contributed by atoms with E-state index in [1.807, 2.05) is 0 Å². The van der Waals surface area contributed by atoms with Crippen molar-refractivity contribution in [1.82, 2.24) is 0 Å². The van der Waals surface area contributed by atoms with E-state index in [0.29, 0.717) is 0 Å². The largest absolute Gasteiger partial charge is 0.370 e. The maximum atomic E-state index is 12.3. The molecule has 3 aliphatic rings. The van der Waals surface area contributed by atoms with Crippen LogP contribution in [0.15, 0.2) is 0 Å². The van der Waals surface area contributed by atoms with Gasteiger partial charge >= 0.3 is 0 Å². The quantitative estimate of drug-likeness (QED) is 0.760. The van der Waals surface area contributed by atoms with Crippen molar-refractivity contribution in [3.63, 3.8) is 0 Å². The van der Waals surface area contributed by atoms with E-state index in [4.69, 9.17) is 9.47 Å². The molecule has 3 rings (SSSR count). The van der Waals surface area contributed by atoms with Crippen LogP contribution in [0.5, 0.6) is 0 Å². The van der Waals surface area contributed by atoms with Crippen molar-refractivity contribution in [2.45, 2.75) is 89.3 Å². The van der Waals surface area contributed by atoms with Crippen LogP contribution in [-0.2, 0) is 14.3 Å². The van der Waals surface area contributed by atoms with Gasteiger partial charge in [-0.05, 0) is 56.8 Å². The molecule has 0 aromatic carbocycles. The van der Waals surface area contributed by atoms with Crippen LogP contribution in [0.25, 0.3) is 0 Å². The first-order valence-electron chi connectivity index (χ1n) is 9.49. The summed E-state index contributed by atoms with van der Waals surface area (Å²) in [5.41, 5.74) is -0.0506. The van der Waals surface area contributed by atoms with Crippen LogP contribution in [0.1, 0.15) is 77.6 Å². The van der Waals surface area contributed by atoms with Crippen LogP contribution in [0.4, 0.5) is 0 Å². The van der Waals surface area contributed by atoms with Crippen molar-refractivity contribution in [3.8, 4) is 0 Å². The van der Waals surface area contributed by atoms with Gasteiger partial charge in [-0.15, -0.1) is 0 Å². The van der Waals surface area contributed by atoms with Crippen LogP contribution < -0.4 is 0 Å². The van der Waals surface area contributed by atoms with Gasteiger partial charge in [0.25, 0.3) is 0 Å². The van der Waals surface area contributed by atoms with E-state index in [1.165, 1.54) is 44.9 Å². The monoisotopic (exact) mass is 308 g/mol. The third-order valence-electron chi connectivity index (χ3n) is 6.26. The molecule has 0 amide bonds. The highest BCUT2D eigenvalue weighted by molar-refractivity contribution is 5.84. The summed E-state index contributed by atoms with van der Waals surface area (Å²) < 4.78 is 11.8. The highest BCUT2D eigenvalue weighted by atomic mass is 16.5. The van der Waals surface area contributed by atoms with Crippen molar-refractivity contribution in [1.29, 1.82) is 0 Å². The Bertz CT molecular complexity index is 375. The average molecular weight is 308 g/mol. The number of hydrogen-bond acceptors (Lipinski definition) is 3. The average Bonchev–Trinajstić information content (AvgIpc) is 2.91. The molecule has 0 radical (unpaired) electrons. The summed E-state index contributed by atoms with van der Waals surface area (Å²) in [6.45, 7) is 3.23. The van der Waals surface area contributed by atoms with Crippen molar-refractivity contribution in [3.05, 3.63) is 0 Å². The van der Waals surface area contributed by atoms with E-state index in [9.17, 15) is 4.79 Å². The Kier molecular flexibility index (Phi) is 5.56. The lowest BCUT2D eigenvalue weighted by Crippen LogP contribution is -2.37. The summed E-state index contributed by atoms with van der Waals surface area (Å²) in [7, 11) is 0. The number of rotatable bonds is 5. The standard InChI is InChI=1S/C19H32O3/c1-2-19(22-14-17(20)18-8-5-11-21-18)10-9-15-6-3-4-7-16(12-15)13-19/h15-16,18H,2-14H2,1H3/t15-,16-,18?,19-/m1/s1. The summed E-state index contributed by atoms with van der Waals surface area (Å²) in [6, 6.07) is 0. The minimum atomic E-state index is -0.192. The summed E-state index contributed by atoms with van der Waals surface area (Å²) in [4.78, 5) is 12.3. The van der Waals surface area contributed by atoms with Gasteiger partial charge in [0, 0.05) is 6.61 Å². The minimum absolute atomic E-state index is 0.0506. The third kappa shape index (κ3) is 3.91. The lowest BCUT2D eigenvalue weighted by molar-refractivity contribution is -0.142. The number of ether oxygens (including phenoxy) is 2. The highest BCUT2D eigenvalue weighted by Crippen LogP contribution is 2.43. The normalized spacial score (nSPS) is 39.2. The zero-order chi connectivity index (χ0) is 15.4. The molecule has 0 aromatic rings. The zero-order valence-electron chi connectivity index (χ0n) is 14.1. The van der Waals surface area contributed by atoms with Gasteiger partial charge in [0.2, 0.25) is 0 Å². The van der Waals surface area contributed by atoms with Crippen LogP contribution >= 0.6 is 0 Å². The molecule has 22 heavy (non-hydrogen) atoms. The number of Topliss-reactive ketones (excluding diaryl/α,β-unsaturated/α-hetero) is 1. The molecule has 3 fully saturated rings. The number of carbonyl (C=O) groups excluding carboxylic acids is 1. The Labute approximate surface area is 135 Å². The second kappa shape index (κ2) is 7.44. The molecule has 1 saturated heterocycles. The van der Waals surface area contributed by atoms with E-state index in [2.05, 4.69) is 6.92 Å². The van der Waals surface area contributed by atoms with Gasteiger partial charge in [0.05, 0.1) is 5.60 Å². The maximum absolute atomic E-state index is 12.3. The first-order valence-corrected chi connectivity index (χ1v) is 9.49. The number of ketones is 1. The predicted molar refractivity (Wildman–Crippen MR) is 86.9 cm³/mol. The lowest BCUT2D eigenvalue weighted by atomic mass is 9.84. The van der Waals surface area contributed by atoms with Gasteiger partial charge in [-0.1, -0.05) is 32.6 Å². The molecular formula is C19H32O3. The first kappa shape index (κ1) is 16.4. The Morgan fingerprint density at radius 3 is 2.68 bits per heavy atom. The van der Waals surface area contributed by atoms with Crippen molar-refractivity contribution >= 4 is 5.78 Å². The van der Waals surface area contributed by atoms with E-state index in [0.717, 1.165) is 44.1 Å². The van der Waals surface area contributed by atoms with Crippen LogP contribution in [0.3, 0.4) is 0 Å². The Hall–Kier alpha value is -0.410. The zero-order valence-corrected chi connectivity index (χ0v) is 14.1. The van der Waals surface area contributed by atoms with Crippen LogP contribution in [-0.4, -0.2) is 30.7 Å². The van der Waals surface area contributed by atoms with Crippen molar-refractivity contribution in [2.75, 3.05) is 13.2 Å². The molecule has 3 heteroatoms. The van der Waals surface area contributed by atoms with Gasteiger partial charge in [0.15, 0.2) is 5.78 Å². The second-order valence-corrected chi connectivity index (χ2v) is 7.79. The molecule has 1 heterocycles. The molecule has 4 atom stereocenters. The SMILES string of the molecule is CC[C@@]1(OCC(=O)C2CCCO2)CC[C@H]2CCCC[C@H](C2)C1. The van der Waals surface area contributed by atoms with E-state index < -0.39 is 0 Å². The Balaban J connectivity index is 1.59. The first-order chi connectivity index (χ1) is 10.7. The van der Waals surface area contributed by atoms with E-state index in [-0.39, 0.29) is 24.1 Å². The molecule has 3 nitrogen and oxygen atoms in total. The van der Waals surface area contributed by atoms with Crippen LogP contribution in [0, 0.1) is 11.8 Å². The summed E-state index contributed by atoms with van der Waals surface area (Å²) in [5.74, 6) is 1.88. The van der Waals surface area contributed by atoms with Gasteiger partial charge in [-0.3, -0.25) is 4.79 Å². The fourth-order valence-corrected chi connectivity index (χ4v) is 4.82. The van der Waals surface area contributed by atoms with Crippen LogP contribution in [0.2, 0.25) is 0 Å². The van der Waals surface area contributed by atoms with E-state index in [1.54, 1.807) is 0 Å². The predicted octanol–water partition coefficient (Wildman–Crippen LogP) is 4.28.